The zero-order valence-electron chi connectivity index (χ0n) is 10.0. The molecule has 98 valence electrons. The van der Waals surface area contributed by atoms with Crippen molar-refractivity contribution < 1.29 is 13.6 Å². The molecule has 1 aliphatic heterocycles. The van der Waals surface area contributed by atoms with E-state index >= 15 is 0 Å². The van der Waals surface area contributed by atoms with Crippen LogP contribution in [0.3, 0.4) is 0 Å². The maximum absolute atomic E-state index is 13.7. The lowest BCUT2D eigenvalue weighted by atomic mass is 9.98. The first-order valence-electron chi connectivity index (χ1n) is 5.93. The molecule has 2 nitrogen and oxygen atoms in total. The van der Waals surface area contributed by atoms with E-state index < -0.39 is 17.5 Å². The summed E-state index contributed by atoms with van der Waals surface area (Å²) >= 11 is 2.89. The summed E-state index contributed by atoms with van der Waals surface area (Å²) in [5, 5.41) is 0. The van der Waals surface area contributed by atoms with E-state index in [9.17, 15) is 13.6 Å². The highest BCUT2D eigenvalue weighted by Gasteiger charge is 2.24. The van der Waals surface area contributed by atoms with Crippen LogP contribution in [0.25, 0.3) is 0 Å². The number of rotatable bonds is 1. The lowest BCUT2D eigenvalue weighted by Gasteiger charge is -2.30. The zero-order valence-corrected chi connectivity index (χ0v) is 11.6. The second-order valence-corrected chi connectivity index (χ2v) is 5.58. The Balaban J connectivity index is 2.21. The van der Waals surface area contributed by atoms with Crippen molar-refractivity contribution in [3.05, 3.63) is 33.8 Å². The second kappa shape index (κ2) is 5.34. The fourth-order valence-corrected chi connectivity index (χ4v) is 2.38. The molecule has 1 aromatic carbocycles. The Labute approximate surface area is 113 Å². The second-order valence-electron chi connectivity index (χ2n) is 4.72. The molecule has 18 heavy (non-hydrogen) atoms. The maximum atomic E-state index is 13.7. The zero-order chi connectivity index (χ0) is 13.3. The minimum absolute atomic E-state index is 0.0313. The van der Waals surface area contributed by atoms with Crippen LogP contribution in [-0.4, -0.2) is 23.9 Å². The van der Waals surface area contributed by atoms with Crippen molar-refractivity contribution in [1.29, 1.82) is 0 Å². The molecule has 1 aliphatic rings. The molecule has 0 atom stereocenters. The number of benzene rings is 1. The molecular weight excluding hydrogens is 304 g/mol. The van der Waals surface area contributed by atoms with Gasteiger partial charge in [-0.3, -0.25) is 4.79 Å². The van der Waals surface area contributed by atoms with Gasteiger partial charge in [0.1, 0.15) is 11.6 Å². The quantitative estimate of drug-likeness (QED) is 0.725. The van der Waals surface area contributed by atoms with Gasteiger partial charge in [0.05, 0.1) is 10.0 Å². The number of nitrogens with zero attached hydrogens (tertiary/aromatic N) is 1. The molecule has 0 unspecified atom stereocenters. The van der Waals surface area contributed by atoms with Gasteiger partial charge in [0.25, 0.3) is 5.91 Å². The number of hydrogen-bond donors (Lipinski definition) is 0. The van der Waals surface area contributed by atoms with Crippen molar-refractivity contribution in [2.45, 2.75) is 19.8 Å². The van der Waals surface area contributed by atoms with Gasteiger partial charge < -0.3 is 4.90 Å². The van der Waals surface area contributed by atoms with Crippen molar-refractivity contribution in [1.82, 2.24) is 4.90 Å². The average molecular weight is 318 g/mol. The smallest absolute Gasteiger partial charge is 0.256 e. The van der Waals surface area contributed by atoms with Gasteiger partial charge in [-0.25, -0.2) is 8.78 Å². The number of likely N-dealkylation sites (tertiary alicyclic amines) is 1. The number of halogens is 3. The summed E-state index contributed by atoms with van der Waals surface area (Å²) in [6.07, 6.45) is 1.82. The van der Waals surface area contributed by atoms with E-state index in [2.05, 4.69) is 22.9 Å². The third-order valence-electron chi connectivity index (χ3n) is 3.31. The van der Waals surface area contributed by atoms with Gasteiger partial charge in [0, 0.05) is 13.1 Å². The minimum atomic E-state index is -0.688. The summed E-state index contributed by atoms with van der Waals surface area (Å²) in [5.74, 6) is -1.15. The van der Waals surface area contributed by atoms with Crippen LogP contribution in [0.2, 0.25) is 0 Å². The molecule has 1 aromatic rings. The van der Waals surface area contributed by atoms with E-state index in [1.807, 2.05) is 0 Å². The van der Waals surface area contributed by atoms with Crippen molar-refractivity contribution >= 4 is 21.8 Å². The van der Waals surface area contributed by atoms with Gasteiger partial charge in [-0.2, -0.15) is 0 Å². The molecule has 0 bridgehead atoms. The van der Waals surface area contributed by atoms with Gasteiger partial charge in [-0.15, -0.1) is 0 Å². The van der Waals surface area contributed by atoms with Gasteiger partial charge in [0.15, 0.2) is 0 Å². The van der Waals surface area contributed by atoms with Gasteiger partial charge >= 0.3 is 0 Å². The molecular formula is C13H14BrF2NO. The fourth-order valence-electron chi connectivity index (χ4n) is 2.07. The number of carbonyl (C=O) groups is 1. The van der Waals surface area contributed by atoms with Crippen molar-refractivity contribution in [2.24, 2.45) is 5.92 Å². The SMILES string of the molecule is CC1CCN(C(=O)c2cc(F)c(Br)cc2F)CC1. The summed E-state index contributed by atoms with van der Waals surface area (Å²) in [6, 6.07) is 1.95. The molecule has 0 radical (unpaired) electrons. The molecule has 1 saturated heterocycles. The number of piperidine rings is 1. The summed E-state index contributed by atoms with van der Waals surface area (Å²) in [4.78, 5) is 13.7. The predicted octanol–water partition coefficient (Wildman–Crippen LogP) is 3.60. The van der Waals surface area contributed by atoms with Crippen LogP contribution in [0, 0.1) is 17.6 Å². The first kappa shape index (κ1) is 13.5. The monoisotopic (exact) mass is 317 g/mol. The third-order valence-corrected chi connectivity index (χ3v) is 3.92. The van der Waals surface area contributed by atoms with Gasteiger partial charge in [-0.1, -0.05) is 6.92 Å². The Hall–Kier alpha value is -0.970. The first-order valence-corrected chi connectivity index (χ1v) is 6.72. The van der Waals surface area contributed by atoms with Crippen molar-refractivity contribution in [3.8, 4) is 0 Å². The Bertz CT molecular complexity index is 470. The Morgan fingerprint density at radius 2 is 1.89 bits per heavy atom. The molecule has 5 heteroatoms. The van der Waals surface area contributed by atoms with Gasteiger partial charge in [0.2, 0.25) is 0 Å². The van der Waals surface area contributed by atoms with Crippen LogP contribution < -0.4 is 0 Å². The maximum Gasteiger partial charge on any atom is 0.256 e. The topological polar surface area (TPSA) is 20.3 Å². The van der Waals surface area contributed by atoms with Crippen LogP contribution in [0.1, 0.15) is 30.1 Å². The minimum Gasteiger partial charge on any atom is -0.339 e. The van der Waals surface area contributed by atoms with E-state index in [1.165, 1.54) is 0 Å². The molecule has 1 amide bonds. The van der Waals surface area contributed by atoms with Crippen LogP contribution in [0.4, 0.5) is 8.78 Å². The van der Waals surface area contributed by atoms with E-state index in [0.29, 0.717) is 19.0 Å². The third kappa shape index (κ3) is 2.71. The number of amides is 1. The van der Waals surface area contributed by atoms with Crippen LogP contribution >= 0.6 is 15.9 Å². The van der Waals surface area contributed by atoms with E-state index in [0.717, 1.165) is 25.0 Å². The molecule has 1 fully saturated rings. The molecule has 0 aromatic heterocycles. The highest BCUT2D eigenvalue weighted by Crippen LogP contribution is 2.23. The largest absolute Gasteiger partial charge is 0.339 e. The molecule has 0 aliphatic carbocycles. The Kier molecular flexibility index (Phi) is 4.00. The van der Waals surface area contributed by atoms with Gasteiger partial charge in [-0.05, 0) is 46.8 Å². The molecule has 1 heterocycles. The molecule has 0 spiro atoms. The predicted molar refractivity (Wildman–Crippen MR) is 68.4 cm³/mol. The number of hydrogen-bond acceptors (Lipinski definition) is 1. The van der Waals surface area contributed by atoms with Crippen LogP contribution in [-0.2, 0) is 0 Å². The molecule has 0 saturated carbocycles. The lowest BCUT2D eigenvalue weighted by Crippen LogP contribution is -2.38. The standard InChI is InChI=1S/C13H14BrF2NO/c1-8-2-4-17(5-3-8)13(18)9-6-12(16)10(14)7-11(9)15/h6-8H,2-5H2,1H3. The Morgan fingerprint density at radius 1 is 1.28 bits per heavy atom. The van der Waals surface area contributed by atoms with Crippen LogP contribution in [0.15, 0.2) is 16.6 Å². The summed E-state index contributed by atoms with van der Waals surface area (Å²) in [7, 11) is 0. The summed E-state index contributed by atoms with van der Waals surface area (Å²) in [6.45, 7) is 3.34. The van der Waals surface area contributed by atoms with E-state index in [4.69, 9.17) is 0 Å². The lowest BCUT2D eigenvalue weighted by molar-refractivity contribution is 0.0692. The fraction of sp³-hybridized carbons (Fsp3) is 0.462. The highest BCUT2D eigenvalue weighted by molar-refractivity contribution is 9.10. The van der Waals surface area contributed by atoms with E-state index in [1.54, 1.807) is 4.90 Å². The van der Waals surface area contributed by atoms with Crippen molar-refractivity contribution in [2.75, 3.05) is 13.1 Å². The first-order chi connectivity index (χ1) is 8.49. The van der Waals surface area contributed by atoms with Crippen LogP contribution in [0.5, 0.6) is 0 Å². The average Bonchev–Trinajstić information content (AvgIpc) is 2.34. The summed E-state index contributed by atoms with van der Waals surface area (Å²) < 4.78 is 27.1. The molecule has 0 N–H and O–H groups in total. The normalized spacial score (nSPS) is 17.0. The van der Waals surface area contributed by atoms with E-state index in [-0.39, 0.29) is 10.0 Å². The van der Waals surface area contributed by atoms with Crippen molar-refractivity contribution in [3.63, 3.8) is 0 Å². The highest BCUT2D eigenvalue weighted by atomic mass is 79.9. The Morgan fingerprint density at radius 3 is 2.50 bits per heavy atom. The number of carbonyl (C=O) groups excluding carboxylic acids is 1. The molecule has 2 rings (SSSR count). The summed E-state index contributed by atoms with van der Waals surface area (Å²) in [5.41, 5.74) is -0.190.